The first kappa shape index (κ1) is 32.2. The topological polar surface area (TPSA) is 84.9 Å². The number of carbonyl (C=O) groups is 2. The van der Waals surface area contributed by atoms with Gasteiger partial charge in [0.25, 0.3) is 5.91 Å². The molecule has 7 heteroatoms. The monoisotopic (exact) mass is 641 g/mol. The molecule has 2 aliphatic heterocycles. The molecule has 3 fully saturated rings. The third kappa shape index (κ3) is 5.87. The van der Waals surface area contributed by atoms with Crippen molar-refractivity contribution in [2.75, 3.05) is 13.1 Å². The third-order valence-corrected chi connectivity index (χ3v) is 12.6. The number of nitrogens with one attached hydrogen (secondary N) is 1. The first-order valence-electron chi connectivity index (χ1n) is 18.4. The van der Waals surface area contributed by atoms with Crippen LogP contribution in [0.3, 0.4) is 0 Å². The summed E-state index contributed by atoms with van der Waals surface area (Å²) in [5.41, 5.74) is 6.69. The number of nitrogens with zero attached hydrogens (tertiary/aromatic N) is 1. The molecule has 5 aliphatic rings. The molecule has 2 N–H and O–H groups in total. The van der Waals surface area contributed by atoms with Crippen molar-refractivity contribution in [2.45, 2.75) is 121 Å². The number of carbonyl (C=O) groups excluding carboxylic acids is 2. The third-order valence-electron chi connectivity index (χ3n) is 12.6. The van der Waals surface area contributed by atoms with Crippen LogP contribution in [0.1, 0.15) is 107 Å². The van der Waals surface area contributed by atoms with Crippen molar-refractivity contribution in [3.63, 3.8) is 0 Å². The van der Waals surface area contributed by atoms with Gasteiger partial charge in [0, 0.05) is 48.8 Å². The number of ether oxygens (including phenoxy) is 2. The van der Waals surface area contributed by atoms with E-state index in [0.717, 1.165) is 75.0 Å². The molecule has 0 aromatic heterocycles. The number of esters is 1. The largest absolute Gasteiger partial charge is 0.508 e. The molecule has 3 aliphatic carbocycles. The smallest absolute Gasteiger partial charge is 0.308 e. The van der Waals surface area contributed by atoms with Crippen LogP contribution in [0.15, 0.2) is 49.1 Å². The molecule has 2 heterocycles. The number of phenols is 1. The van der Waals surface area contributed by atoms with Crippen molar-refractivity contribution in [3.05, 3.63) is 65.7 Å². The number of aromatic hydroxyl groups is 1. The van der Waals surface area contributed by atoms with E-state index in [1.165, 1.54) is 51.0 Å². The number of hydrogen-bond acceptors (Lipinski definition) is 5. The summed E-state index contributed by atoms with van der Waals surface area (Å²) in [7, 11) is 0. The van der Waals surface area contributed by atoms with Crippen LogP contribution >= 0.6 is 0 Å². The van der Waals surface area contributed by atoms with E-state index in [-0.39, 0.29) is 41.1 Å². The van der Waals surface area contributed by atoms with Crippen LogP contribution in [0, 0.1) is 17.8 Å². The molecule has 2 aromatic rings. The number of phenolic OH excluding ortho intramolecular Hbond substituents is 1. The minimum Gasteiger partial charge on any atom is -0.508 e. The molecule has 6 atom stereocenters. The van der Waals surface area contributed by atoms with Gasteiger partial charge in [-0.2, -0.15) is 0 Å². The van der Waals surface area contributed by atoms with E-state index >= 15 is 0 Å². The number of likely N-dealkylation sites (tertiary alicyclic amines) is 1. The zero-order chi connectivity index (χ0) is 32.6. The zero-order valence-corrected chi connectivity index (χ0v) is 28.2. The normalized spacial score (nSPS) is 29.7. The van der Waals surface area contributed by atoms with Crippen LogP contribution in [0.2, 0.25) is 0 Å². The van der Waals surface area contributed by atoms with E-state index in [1.54, 1.807) is 6.07 Å². The van der Waals surface area contributed by atoms with Crippen molar-refractivity contribution in [3.8, 4) is 17.2 Å². The first-order valence-corrected chi connectivity index (χ1v) is 18.4. The fourth-order valence-electron chi connectivity index (χ4n) is 10.5. The van der Waals surface area contributed by atoms with Crippen LogP contribution in [0.25, 0.3) is 0 Å². The minimum atomic E-state index is -0.421. The second-order valence-corrected chi connectivity index (χ2v) is 15.2. The molecular weight excluding hydrogens is 588 g/mol. The van der Waals surface area contributed by atoms with Gasteiger partial charge in [0.05, 0.1) is 5.41 Å². The molecule has 7 rings (SSSR count). The predicted molar refractivity (Wildman–Crippen MR) is 182 cm³/mol. The zero-order valence-electron chi connectivity index (χ0n) is 28.2. The van der Waals surface area contributed by atoms with Gasteiger partial charge in [-0.1, -0.05) is 81.9 Å². The Hall–Kier alpha value is -3.32. The Morgan fingerprint density at radius 1 is 1.13 bits per heavy atom. The van der Waals surface area contributed by atoms with Crippen molar-refractivity contribution in [1.82, 2.24) is 5.43 Å². The number of piperidine rings is 1. The molecule has 7 nitrogen and oxygen atoms in total. The Kier molecular flexibility index (Phi) is 9.12. The lowest BCUT2D eigenvalue weighted by Gasteiger charge is -2.60. The molecule has 1 saturated heterocycles. The summed E-state index contributed by atoms with van der Waals surface area (Å²) in [5.74, 6) is 1.92. The SMILES string of the molecule is C=CC[N+]1(NC(=O)C(CCCC2CCCCC2)CCc2ccccc2)CC[C@]23c4c5c(O)cc(OC(C)=O)c4O[C@H]2CCC[C@H]3[C@H]1C5. The fourth-order valence-corrected chi connectivity index (χ4v) is 10.5. The standard InChI is InChI=1S/C40H52N2O5/c1-3-23-42(41-39(45)30(21-20-29-14-8-5-9-15-29)17-10-16-28-12-6-4-7-13-28)24-22-40-32-18-11-19-36(40)47-38-35(46-27(2)43)26-34(44)31(37(38)40)25-33(32)42/h3,5,8-9,14-15,26,28,30,32-33,36H,1,4,6-7,10-13,16-25H2,2H3,(H-,41,44,45)/p+1/t30?,32-,33+,36-,40+,42?/m0/s1. The van der Waals surface area contributed by atoms with E-state index in [9.17, 15) is 14.7 Å². The van der Waals surface area contributed by atoms with Gasteiger partial charge in [0.15, 0.2) is 11.5 Å². The molecular formula is C40H53N2O5+. The Labute approximate surface area is 280 Å². The van der Waals surface area contributed by atoms with E-state index in [0.29, 0.717) is 29.1 Å². The molecule has 2 aromatic carbocycles. The molecule has 2 unspecified atom stereocenters. The van der Waals surface area contributed by atoms with Crippen molar-refractivity contribution in [1.29, 1.82) is 0 Å². The van der Waals surface area contributed by atoms with Crippen molar-refractivity contribution >= 4 is 11.9 Å². The predicted octanol–water partition coefficient (Wildman–Crippen LogP) is 7.48. The number of rotatable bonds is 12. The highest BCUT2D eigenvalue weighted by Crippen LogP contribution is 2.66. The average molecular weight is 642 g/mol. The fraction of sp³-hybridized carbons (Fsp3) is 0.600. The van der Waals surface area contributed by atoms with E-state index in [2.05, 4.69) is 42.3 Å². The summed E-state index contributed by atoms with van der Waals surface area (Å²) in [5, 5.41) is 11.4. The van der Waals surface area contributed by atoms with Gasteiger partial charge in [0.1, 0.15) is 31.0 Å². The number of hydrogen-bond donors (Lipinski definition) is 2. The summed E-state index contributed by atoms with van der Waals surface area (Å²) >= 11 is 0. The molecule has 2 bridgehead atoms. The van der Waals surface area contributed by atoms with Crippen LogP contribution in [0.5, 0.6) is 17.2 Å². The van der Waals surface area contributed by atoms with Gasteiger partial charge in [0.2, 0.25) is 0 Å². The highest BCUT2D eigenvalue weighted by molar-refractivity contribution is 5.77. The Morgan fingerprint density at radius 2 is 1.94 bits per heavy atom. The lowest BCUT2D eigenvalue weighted by molar-refractivity contribution is -0.989. The number of aryl methyl sites for hydroxylation is 1. The minimum absolute atomic E-state index is 0.0195. The van der Waals surface area contributed by atoms with Crippen LogP contribution in [0.4, 0.5) is 0 Å². The molecule has 0 radical (unpaired) electrons. The van der Waals surface area contributed by atoms with Gasteiger partial charge in [-0.3, -0.25) is 9.59 Å². The Bertz CT molecular complexity index is 1490. The molecule has 47 heavy (non-hydrogen) atoms. The van der Waals surface area contributed by atoms with Crippen molar-refractivity contribution < 1.29 is 28.8 Å². The molecule has 1 spiro atoms. The highest BCUT2D eigenvalue weighted by atomic mass is 16.6. The summed E-state index contributed by atoms with van der Waals surface area (Å²) < 4.78 is 12.7. The van der Waals surface area contributed by atoms with E-state index < -0.39 is 5.97 Å². The van der Waals surface area contributed by atoms with E-state index in [1.807, 2.05) is 6.08 Å². The summed E-state index contributed by atoms with van der Waals surface area (Å²) in [6.45, 7) is 6.99. The maximum Gasteiger partial charge on any atom is 0.308 e. The molecule has 252 valence electrons. The van der Waals surface area contributed by atoms with Crippen molar-refractivity contribution in [2.24, 2.45) is 17.8 Å². The Morgan fingerprint density at radius 3 is 2.70 bits per heavy atom. The van der Waals surface area contributed by atoms with Gasteiger partial charge >= 0.3 is 5.97 Å². The second kappa shape index (κ2) is 13.3. The maximum atomic E-state index is 14.6. The average Bonchev–Trinajstić information content (AvgIpc) is 3.41. The number of quaternary nitrogens is 1. The van der Waals surface area contributed by atoms with Crippen LogP contribution < -0.4 is 14.9 Å². The van der Waals surface area contributed by atoms with Crippen LogP contribution in [-0.2, 0) is 27.8 Å². The summed E-state index contributed by atoms with van der Waals surface area (Å²) in [6, 6.07) is 12.2. The Balaban J connectivity index is 1.17. The number of benzene rings is 2. The summed E-state index contributed by atoms with van der Waals surface area (Å²) in [6.07, 6.45) is 18.2. The van der Waals surface area contributed by atoms with Crippen LogP contribution in [-0.4, -0.2) is 46.8 Å². The van der Waals surface area contributed by atoms with Gasteiger partial charge < -0.3 is 14.6 Å². The maximum absolute atomic E-state index is 14.6. The quantitative estimate of drug-likeness (QED) is 0.109. The number of amides is 1. The van der Waals surface area contributed by atoms with Gasteiger partial charge in [-0.15, -0.1) is 0 Å². The lowest BCUT2D eigenvalue weighted by Crippen LogP contribution is -2.76. The first-order chi connectivity index (χ1) is 22.8. The van der Waals surface area contributed by atoms with Gasteiger partial charge in [-0.05, 0) is 56.1 Å². The summed E-state index contributed by atoms with van der Waals surface area (Å²) in [4.78, 5) is 26.6. The second-order valence-electron chi connectivity index (χ2n) is 15.2. The lowest BCUT2D eigenvalue weighted by atomic mass is 9.51. The molecule has 2 saturated carbocycles. The van der Waals surface area contributed by atoms with Gasteiger partial charge in [-0.25, -0.2) is 10.0 Å². The molecule has 1 amide bonds. The highest BCUT2D eigenvalue weighted by Gasteiger charge is 2.69. The van der Waals surface area contributed by atoms with E-state index in [4.69, 9.17) is 9.47 Å².